The number of rotatable bonds is 3. The van der Waals surface area contributed by atoms with Crippen molar-refractivity contribution in [3.05, 3.63) is 82.9 Å². The monoisotopic (exact) mass is 372 g/mol. The van der Waals surface area contributed by atoms with E-state index in [1.54, 1.807) is 11.3 Å². The Kier molecular flexibility index (Phi) is 4.50. The smallest absolute Gasteiger partial charge is 0.255 e. The minimum Gasteiger partial charge on any atom is -0.322 e. The summed E-state index contributed by atoms with van der Waals surface area (Å²) in [4.78, 5) is 17.5. The quantitative estimate of drug-likeness (QED) is 0.469. The maximum atomic E-state index is 12.7. The van der Waals surface area contributed by atoms with E-state index in [-0.39, 0.29) is 5.91 Å². The summed E-state index contributed by atoms with van der Waals surface area (Å²) in [5, 5.41) is 4.03. The third kappa shape index (κ3) is 3.49. The zero-order chi connectivity index (χ0) is 19.0. The Morgan fingerprint density at radius 1 is 0.926 bits per heavy atom. The number of para-hydroxylation sites is 1. The number of carbonyl (C=O) groups excluding carboxylic acids is 1. The van der Waals surface area contributed by atoms with Gasteiger partial charge in [-0.15, -0.1) is 11.3 Å². The first kappa shape index (κ1) is 17.4. The Bertz CT molecular complexity index is 1110. The summed E-state index contributed by atoms with van der Waals surface area (Å²) in [7, 11) is 0. The minimum absolute atomic E-state index is 0.0913. The van der Waals surface area contributed by atoms with Gasteiger partial charge in [-0.1, -0.05) is 41.5 Å². The number of aryl methyl sites for hydroxylation is 2. The van der Waals surface area contributed by atoms with Crippen LogP contribution in [0.5, 0.6) is 0 Å². The second-order valence-corrected chi connectivity index (χ2v) is 7.83. The lowest BCUT2D eigenvalue weighted by Gasteiger charge is -2.12. The van der Waals surface area contributed by atoms with Crippen molar-refractivity contribution in [3.63, 3.8) is 0 Å². The predicted octanol–water partition coefficient (Wildman–Crippen LogP) is 6.14. The van der Waals surface area contributed by atoms with Gasteiger partial charge in [0.25, 0.3) is 5.91 Å². The number of thiazole rings is 1. The van der Waals surface area contributed by atoms with Gasteiger partial charge < -0.3 is 5.32 Å². The molecule has 134 valence electrons. The van der Waals surface area contributed by atoms with Crippen molar-refractivity contribution in [2.45, 2.75) is 20.8 Å². The van der Waals surface area contributed by atoms with Gasteiger partial charge in [-0.05, 0) is 56.7 Å². The predicted molar refractivity (Wildman–Crippen MR) is 114 cm³/mol. The van der Waals surface area contributed by atoms with E-state index in [0.29, 0.717) is 5.56 Å². The second-order valence-electron chi connectivity index (χ2n) is 6.80. The van der Waals surface area contributed by atoms with E-state index in [4.69, 9.17) is 4.98 Å². The van der Waals surface area contributed by atoms with Crippen LogP contribution in [0.1, 0.15) is 27.0 Å². The minimum atomic E-state index is -0.0913. The summed E-state index contributed by atoms with van der Waals surface area (Å²) in [5.41, 5.74) is 6.73. The number of hydrogen-bond acceptors (Lipinski definition) is 3. The molecule has 4 rings (SSSR count). The molecule has 0 saturated carbocycles. The van der Waals surface area contributed by atoms with Crippen LogP contribution >= 0.6 is 11.3 Å². The number of anilines is 1. The zero-order valence-corrected chi connectivity index (χ0v) is 16.4. The summed E-state index contributed by atoms with van der Waals surface area (Å²) in [6, 6.07) is 20.0. The van der Waals surface area contributed by atoms with Crippen LogP contribution in [0.15, 0.2) is 60.7 Å². The number of carbonyl (C=O) groups is 1. The van der Waals surface area contributed by atoms with Gasteiger partial charge in [0.1, 0.15) is 5.01 Å². The Balaban J connectivity index is 1.68. The third-order valence-corrected chi connectivity index (χ3v) is 5.66. The Morgan fingerprint density at radius 3 is 2.41 bits per heavy atom. The summed E-state index contributed by atoms with van der Waals surface area (Å²) in [6.07, 6.45) is 0. The van der Waals surface area contributed by atoms with Gasteiger partial charge in [-0.25, -0.2) is 4.98 Å². The van der Waals surface area contributed by atoms with E-state index in [9.17, 15) is 4.79 Å². The van der Waals surface area contributed by atoms with E-state index < -0.39 is 0 Å². The van der Waals surface area contributed by atoms with Crippen LogP contribution in [0.4, 0.5) is 5.69 Å². The molecule has 0 radical (unpaired) electrons. The number of amides is 1. The van der Waals surface area contributed by atoms with Gasteiger partial charge in [-0.3, -0.25) is 4.79 Å². The van der Waals surface area contributed by atoms with Crippen LogP contribution in [0, 0.1) is 20.8 Å². The van der Waals surface area contributed by atoms with Crippen LogP contribution in [0.2, 0.25) is 0 Å². The van der Waals surface area contributed by atoms with Crippen molar-refractivity contribution >= 4 is 33.1 Å². The van der Waals surface area contributed by atoms with E-state index in [2.05, 4.69) is 23.5 Å². The molecule has 0 aliphatic carbocycles. The summed E-state index contributed by atoms with van der Waals surface area (Å²) in [5.74, 6) is -0.0913. The highest BCUT2D eigenvalue weighted by Gasteiger charge is 2.14. The van der Waals surface area contributed by atoms with Crippen LogP contribution < -0.4 is 5.32 Å². The molecule has 3 aromatic carbocycles. The maximum Gasteiger partial charge on any atom is 0.255 e. The molecule has 0 fully saturated rings. The molecule has 4 heteroatoms. The molecule has 1 N–H and O–H groups in total. The molecule has 4 aromatic rings. The van der Waals surface area contributed by atoms with Crippen LogP contribution in [0.25, 0.3) is 20.8 Å². The molecule has 0 saturated heterocycles. The SMILES string of the molecule is Cc1cc(C)cc(C(=O)Nc2cccc(-c3nc4ccccc4s3)c2C)c1. The highest BCUT2D eigenvalue weighted by molar-refractivity contribution is 7.21. The lowest BCUT2D eigenvalue weighted by Crippen LogP contribution is -2.13. The molecule has 1 amide bonds. The number of hydrogen-bond donors (Lipinski definition) is 1. The molecule has 1 aromatic heterocycles. The zero-order valence-electron chi connectivity index (χ0n) is 15.5. The first-order chi connectivity index (χ1) is 13.0. The first-order valence-electron chi connectivity index (χ1n) is 8.86. The largest absolute Gasteiger partial charge is 0.322 e. The van der Waals surface area contributed by atoms with E-state index >= 15 is 0 Å². The highest BCUT2D eigenvalue weighted by Crippen LogP contribution is 2.34. The van der Waals surface area contributed by atoms with Gasteiger partial charge in [-0.2, -0.15) is 0 Å². The molecule has 0 aliphatic rings. The number of nitrogens with one attached hydrogen (secondary N) is 1. The Hall–Kier alpha value is -2.98. The maximum absolute atomic E-state index is 12.7. The summed E-state index contributed by atoms with van der Waals surface area (Å²) >= 11 is 1.67. The average Bonchev–Trinajstić information content (AvgIpc) is 3.06. The summed E-state index contributed by atoms with van der Waals surface area (Å²) in [6.45, 7) is 6.03. The fourth-order valence-electron chi connectivity index (χ4n) is 3.29. The molecular weight excluding hydrogens is 352 g/mol. The fraction of sp³-hybridized carbons (Fsp3) is 0.130. The van der Waals surface area contributed by atoms with Gasteiger partial charge >= 0.3 is 0 Å². The van der Waals surface area contributed by atoms with Crippen LogP contribution in [-0.4, -0.2) is 10.9 Å². The van der Waals surface area contributed by atoms with Gasteiger partial charge in [0.15, 0.2) is 0 Å². The van der Waals surface area contributed by atoms with E-state index in [1.165, 1.54) is 0 Å². The molecule has 0 spiro atoms. The normalized spacial score (nSPS) is 10.9. The Labute approximate surface area is 162 Å². The number of fused-ring (bicyclic) bond motifs is 1. The Morgan fingerprint density at radius 2 is 1.67 bits per heavy atom. The van der Waals surface area contributed by atoms with Crippen molar-refractivity contribution in [3.8, 4) is 10.6 Å². The van der Waals surface area contributed by atoms with E-state index in [0.717, 1.165) is 43.2 Å². The third-order valence-electron chi connectivity index (χ3n) is 4.59. The second kappa shape index (κ2) is 6.97. The van der Waals surface area contributed by atoms with Crippen molar-refractivity contribution in [2.24, 2.45) is 0 Å². The van der Waals surface area contributed by atoms with Crippen LogP contribution in [-0.2, 0) is 0 Å². The topological polar surface area (TPSA) is 42.0 Å². The average molecular weight is 372 g/mol. The molecule has 3 nitrogen and oxygen atoms in total. The number of aromatic nitrogens is 1. The highest BCUT2D eigenvalue weighted by atomic mass is 32.1. The fourth-order valence-corrected chi connectivity index (χ4v) is 4.34. The van der Waals surface area contributed by atoms with Gasteiger partial charge in [0.05, 0.1) is 10.2 Å². The number of benzene rings is 3. The molecule has 0 bridgehead atoms. The van der Waals surface area contributed by atoms with Crippen molar-refractivity contribution in [2.75, 3.05) is 5.32 Å². The van der Waals surface area contributed by atoms with E-state index in [1.807, 2.05) is 63.2 Å². The molecule has 0 unspecified atom stereocenters. The van der Waals surface area contributed by atoms with Gasteiger partial charge in [0.2, 0.25) is 0 Å². The lowest BCUT2D eigenvalue weighted by molar-refractivity contribution is 0.102. The standard InChI is InChI=1S/C23H20N2OS/c1-14-11-15(2)13-17(12-14)22(26)24-19-9-6-7-18(16(19)3)23-25-20-8-4-5-10-21(20)27-23/h4-13H,1-3H3,(H,24,26). The molecule has 0 aliphatic heterocycles. The van der Waals surface area contributed by atoms with Crippen LogP contribution in [0.3, 0.4) is 0 Å². The van der Waals surface area contributed by atoms with Gasteiger partial charge in [0, 0.05) is 16.8 Å². The molecule has 0 atom stereocenters. The molecule has 27 heavy (non-hydrogen) atoms. The lowest BCUT2D eigenvalue weighted by atomic mass is 10.0. The van der Waals surface area contributed by atoms with Crippen molar-refractivity contribution in [1.82, 2.24) is 4.98 Å². The number of nitrogens with zero attached hydrogens (tertiary/aromatic N) is 1. The molecular formula is C23H20N2OS. The first-order valence-corrected chi connectivity index (χ1v) is 9.68. The summed E-state index contributed by atoms with van der Waals surface area (Å²) < 4.78 is 1.16. The molecule has 1 heterocycles. The van der Waals surface area contributed by atoms with Crippen molar-refractivity contribution < 1.29 is 4.79 Å². The van der Waals surface area contributed by atoms with Crippen molar-refractivity contribution in [1.29, 1.82) is 0 Å².